The molecule has 5 nitrogen and oxygen atoms in total. The van der Waals surface area contributed by atoms with Crippen molar-refractivity contribution in [3.63, 3.8) is 0 Å². The molecule has 0 aromatic carbocycles. The molecule has 0 spiro atoms. The van der Waals surface area contributed by atoms with E-state index in [2.05, 4.69) is 25.9 Å². The molecule has 0 amide bonds. The highest BCUT2D eigenvalue weighted by molar-refractivity contribution is 7.18. The summed E-state index contributed by atoms with van der Waals surface area (Å²) >= 11 is 1.60. The van der Waals surface area contributed by atoms with Gasteiger partial charge in [0.25, 0.3) is 0 Å². The molecule has 3 aromatic heterocycles. The first-order valence-corrected chi connectivity index (χ1v) is 6.24. The van der Waals surface area contributed by atoms with Crippen LogP contribution in [0.1, 0.15) is 11.3 Å². The van der Waals surface area contributed by atoms with E-state index >= 15 is 0 Å². The van der Waals surface area contributed by atoms with Crippen LogP contribution in [0.3, 0.4) is 0 Å². The Bertz CT molecular complexity index is 687. The van der Waals surface area contributed by atoms with E-state index in [1.165, 1.54) is 6.33 Å². The number of nitrogens with one attached hydrogen (secondary N) is 1. The predicted octanol–water partition coefficient (Wildman–Crippen LogP) is 3.04. The number of anilines is 1. The number of hydrogen-bond acceptors (Lipinski definition) is 6. The zero-order valence-electron chi connectivity index (χ0n) is 9.62. The molecule has 90 valence electrons. The molecule has 0 bridgehead atoms. The predicted molar refractivity (Wildman–Crippen MR) is 72.1 cm³/mol. The fourth-order valence-electron chi connectivity index (χ4n) is 1.57. The maximum atomic E-state index is 5.14. The standard InChI is InChI=1S/C12H10N4OS/c1-8-6-18-11-10(8)13-7-14-12(11)16-15-5-9-3-2-4-17-9/h2-7H,1H3,(H,13,14,16). The lowest BCUT2D eigenvalue weighted by Crippen LogP contribution is -1.94. The van der Waals surface area contributed by atoms with E-state index in [0.29, 0.717) is 11.6 Å². The first kappa shape index (κ1) is 10.9. The Morgan fingerprint density at radius 2 is 2.39 bits per heavy atom. The van der Waals surface area contributed by atoms with Crippen LogP contribution < -0.4 is 5.43 Å². The Kier molecular flexibility index (Phi) is 2.77. The van der Waals surface area contributed by atoms with Crippen molar-refractivity contribution in [2.45, 2.75) is 6.92 Å². The van der Waals surface area contributed by atoms with Crippen molar-refractivity contribution in [1.82, 2.24) is 9.97 Å². The van der Waals surface area contributed by atoms with Crippen molar-refractivity contribution in [2.75, 3.05) is 5.43 Å². The largest absolute Gasteiger partial charge is 0.463 e. The number of fused-ring (bicyclic) bond motifs is 1. The topological polar surface area (TPSA) is 63.3 Å². The van der Waals surface area contributed by atoms with Crippen LogP contribution in [0, 0.1) is 6.92 Å². The van der Waals surface area contributed by atoms with Gasteiger partial charge in [0.15, 0.2) is 5.82 Å². The lowest BCUT2D eigenvalue weighted by Gasteiger charge is -1.99. The number of aromatic nitrogens is 2. The van der Waals surface area contributed by atoms with Crippen LogP contribution in [0.4, 0.5) is 5.82 Å². The van der Waals surface area contributed by atoms with Crippen LogP contribution in [-0.4, -0.2) is 16.2 Å². The number of nitrogens with zero attached hydrogens (tertiary/aromatic N) is 3. The maximum Gasteiger partial charge on any atom is 0.167 e. The summed E-state index contributed by atoms with van der Waals surface area (Å²) in [5.74, 6) is 1.40. The quantitative estimate of drug-likeness (QED) is 0.579. The summed E-state index contributed by atoms with van der Waals surface area (Å²) < 4.78 is 6.15. The minimum atomic E-state index is 0.690. The molecular weight excluding hydrogens is 248 g/mol. The summed E-state index contributed by atoms with van der Waals surface area (Å²) in [4.78, 5) is 8.43. The van der Waals surface area contributed by atoms with Gasteiger partial charge in [-0.15, -0.1) is 11.3 Å². The summed E-state index contributed by atoms with van der Waals surface area (Å²) in [5, 5.41) is 6.15. The summed E-state index contributed by atoms with van der Waals surface area (Å²) in [6, 6.07) is 3.64. The first-order valence-electron chi connectivity index (χ1n) is 5.36. The lowest BCUT2D eigenvalue weighted by atomic mass is 10.3. The summed E-state index contributed by atoms with van der Waals surface area (Å²) in [5.41, 5.74) is 5.02. The van der Waals surface area contributed by atoms with Crippen molar-refractivity contribution in [2.24, 2.45) is 5.10 Å². The number of thiophene rings is 1. The van der Waals surface area contributed by atoms with Gasteiger partial charge in [0.1, 0.15) is 12.1 Å². The number of hydrogen-bond donors (Lipinski definition) is 1. The van der Waals surface area contributed by atoms with E-state index in [9.17, 15) is 0 Å². The zero-order chi connectivity index (χ0) is 12.4. The van der Waals surface area contributed by atoms with Crippen LogP contribution in [0.15, 0.2) is 39.6 Å². The van der Waals surface area contributed by atoms with Crippen molar-refractivity contribution in [1.29, 1.82) is 0 Å². The van der Waals surface area contributed by atoms with Gasteiger partial charge in [-0.2, -0.15) is 5.10 Å². The molecule has 0 radical (unpaired) electrons. The van der Waals surface area contributed by atoms with Crippen molar-refractivity contribution >= 4 is 33.6 Å². The van der Waals surface area contributed by atoms with Crippen LogP contribution >= 0.6 is 11.3 Å². The highest BCUT2D eigenvalue weighted by atomic mass is 32.1. The van der Waals surface area contributed by atoms with Crippen molar-refractivity contribution in [3.8, 4) is 0 Å². The molecule has 3 aromatic rings. The van der Waals surface area contributed by atoms with Gasteiger partial charge >= 0.3 is 0 Å². The van der Waals surface area contributed by atoms with Gasteiger partial charge in [-0.3, -0.25) is 5.43 Å². The summed E-state index contributed by atoms with van der Waals surface area (Å²) in [7, 11) is 0. The molecule has 0 saturated heterocycles. The van der Waals surface area contributed by atoms with E-state index in [1.807, 2.05) is 19.1 Å². The van der Waals surface area contributed by atoms with Crippen LogP contribution in [-0.2, 0) is 0 Å². The molecule has 1 N–H and O–H groups in total. The molecule has 3 heterocycles. The number of rotatable bonds is 3. The minimum Gasteiger partial charge on any atom is -0.463 e. The summed E-state index contributed by atoms with van der Waals surface area (Å²) in [6.45, 7) is 2.03. The molecule has 6 heteroatoms. The Morgan fingerprint density at radius 1 is 1.44 bits per heavy atom. The Labute approximate surface area is 107 Å². The van der Waals surface area contributed by atoms with E-state index in [-0.39, 0.29) is 0 Å². The normalized spacial score (nSPS) is 11.4. The Balaban J connectivity index is 1.87. The van der Waals surface area contributed by atoms with Gasteiger partial charge in [0, 0.05) is 0 Å². The zero-order valence-corrected chi connectivity index (χ0v) is 10.4. The fraction of sp³-hybridized carbons (Fsp3) is 0.0833. The smallest absolute Gasteiger partial charge is 0.167 e. The highest BCUT2D eigenvalue weighted by Crippen LogP contribution is 2.28. The van der Waals surface area contributed by atoms with E-state index in [1.54, 1.807) is 23.8 Å². The number of furan rings is 1. The lowest BCUT2D eigenvalue weighted by molar-refractivity contribution is 0.560. The molecule has 0 fully saturated rings. The second-order valence-corrected chi connectivity index (χ2v) is 4.58. The highest BCUT2D eigenvalue weighted by Gasteiger charge is 2.06. The van der Waals surface area contributed by atoms with Crippen molar-refractivity contribution in [3.05, 3.63) is 41.4 Å². The molecule has 0 aliphatic rings. The average Bonchev–Trinajstić information content (AvgIpc) is 3.01. The maximum absolute atomic E-state index is 5.14. The molecular formula is C12H10N4OS. The average molecular weight is 258 g/mol. The molecule has 0 saturated carbocycles. The Morgan fingerprint density at radius 3 is 3.22 bits per heavy atom. The van der Waals surface area contributed by atoms with E-state index < -0.39 is 0 Å². The third-order valence-electron chi connectivity index (χ3n) is 2.44. The SMILES string of the molecule is Cc1csc2c(NN=Cc3ccco3)ncnc12. The monoisotopic (exact) mass is 258 g/mol. The minimum absolute atomic E-state index is 0.690. The van der Waals surface area contributed by atoms with Gasteiger partial charge < -0.3 is 4.42 Å². The molecule has 3 rings (SSSR count). The van der Waals surface area contributed by atoms with E-state index in [0.717, 1.165) is 15.8 Å². The second kappa shape index (κ2) is 4.58. The summed E-state index contributed by atoms with van der Waals surface area (Å²) in [6.07, 6.45) is 4.74. The van der Waals surface area contributed by atoms with Crippen LogP contribution in [0.2, 0.25) is 0 Å². The molecule has 18 heavy (non-hydrogen) atoms. The van der Waals surface area contributed by atoms with Crippen LogP contribution in [0.25, 0.3) is 10.2 Å². The van der Waals surface area contributed by atoms with Gasteiger partial charge in [0.2, 0.25) is 0 Å². The number of aryl methyl sites for hydroxylation is 1. The van der Waals surface area contributed by atoms with Gasteiger partial charge in [-0.25, -0.2) is 9.97 Å². The molecule has 0 unspecified atom stereocenters. The van der Waals surface area contributed by atoms with Gasteiger partial charge in [-0.05, 0) is 30.0 Å². The van der Waals surface area contributed by atoms with Crippen LogP contribution in [0.5, 0.6) is 0 Å². The fourth-order valence-corrected chi connectivity index (χ4v) is 2.51. The van der Waals surface area contributed by atoms with Gasteiger partial charge in [-0.1, -0.05) is 0 Å². The molecule has 0 aliphatic heterocycles. The molecule has 0 atom stereocenters. The third kappa shape index (κ3) is 1.98. The first-order chi connectivity index (χ1) is 8.84. The molecule has 0 aliphatic carbocycles. The Hall–Kier alpha value is -2.21. The van der Waals surface area contributed by atoms with Gasteiger partial charge in [0.05, 0.1) is 22.7 Å². The van der Waals surface area contributed by atoms with Crippen molar-refractivity contribution < 1.29 is 4.42 Å². The second-order valence-electron chi connectivity index (χ2n) is 3.70. The number of hydrazone groups is 1. The third-order valence-corrected chi connectivity index (χ3v) is 3.53. The van der Waals surface area contributed by atoms with E-state index in [4.69, 9.17) is 4.42 Å².